The molecule has 1 spiro atoms. The number of carbonyl (C=O) groups is 4. The zero-order valence-corrected chi connectivity index (χ0v) is 21.2. The maximum atomic E-state index is 14.0. The first-order valence-corrected chi connectivity index (χ1v) is 12.2. The van der Waals surface area contributed by atoms with Gasteiger partial charge in [-0.05, 0) is 24.1 Å². The molecule has 0 saturated carbocycles. The van der Waals surface area contributed by atoms with Gasteiger partial charge in [-0.15, -0.1) is 0 Å². The molecule has 0 bridgehead atoms. The lowest BCUT2D eigenvalue weighted by Gasteiger charge is -2.34. The molecule has 2 aliphatic rings. The largest absolute Gasteiger partial charge is 0.471 e. The predicted molar refractivity (Wildman–Crippen MR) is 133 cm³/mol. The summed E-state index contributed by atoms with van der Waals surface area (Å²) in [5.74, 6) is -4.18. The third kappa shape index (κ3) is 5.16. The molecule has 204 valence electrons. The number of anilines is 1. The number of amides is 4. The number of para-hydroxylation sites is 1. The zero-order chi connectivity index (χ0) is 28.5. The van der Waals surface area contributed by atoms with Crippen LogP contribution in [0.5, 0.6) is 0 Å². The molecular weight excluding hydrogens is 515 g/mol. The van der Waals surface area contributed by atoms with E-state index in [2.05, 4.69) is 11.4 Å². The normalized spacial score (nSPS) is 21.5. The van der Waals surface area contributed by atoms with Crippen molar-refractivity contribution in [1.29, 1.82) is 5.26 Å². The maximum absolute atomic E-state index is 14.0. The van der Waals surface area contributed by atoms with Crippen molar-refractivity contribution in [3.8, 4) is 6.07 Å². The molecule has 0 unspecified atom stereocenters. The van der Waals surface area contributed by atoms with Gasteiger partial charge in [-0.25, -0.2) is 0 Å². The van der Waals surface area contributed by atoms with Crippen LogP contribution in [0.4, 0.5) is 18.9 Å². The number of benzene rings is 2. The Morgan fingerprint density at radius 1 is 1.18 bits per heavy atom. The minimum absolute atomic E-state index is 0.00766. The van der Waals surface area contributed by atoms with Crippen molar-refractivity contribution in [2.45, 2.75) is 49.5 Å². The fourth-order valence-corrected chi connectivity index (χ4v) is 5.20. The summed E-state index contributed by atoms with van der Waals surface area (Å²) in [6, 6.07) is 14.0. The van der Waals surface area contributed by atoms with Crippen molar-refractivity contribution in [3.05, 3.63) is 65.7 Å². The summed E-state index contributed by atoms with van der Waals surface area (Å²) in [5, 5.41) is 14.4. The summed E-state index contributed by atoms with van der Waals surface area (Å²) in [6.45, 7) is 0.982. The second-order valence-electron chi connectivity index (χ2n) is 9.74. The number of likely N-dealkylation sites (N-methyl/N-ethyl adjacent to an activating group) is 1. The van der Waals surface area contributed by atoms with Crippen LogP contribution in [0.2, 0.25) is 0 Å². The summed E-state index contributed by atoms with van der Waals surface area (Å²) in [7, 11) is 1.26. The Kier molecular flexibility index (Phi) is 7.37. The third-order valence-corrected chi connectivity index (χ3v) is 7.26. The van der Waals surface area contributed by atoms with Gasteiger partial charge >= 0.3 is 12.1 Å². The lowest BCUT2D eigenvalue weighted by atomic mass is 9.80. The number of hydrogen-bond donors (Lipinski definition) is 2. The molecule has 2 heterocycles. The van der Waals surface area contributed by atoms with Gasteiger partial charge in [-0.1, -0.05) is 48.5 Å². The van der Waals surface area contributed by atoms with E-state index in [4.69, 9.17) is 0 Å². The van der Waals surface area contributed by atoms with E-state index in [0.29, 0.717) is 16.8 Å². The van der Waals surface area contributed by atoms with Crippen LogP contribution in [0.1, 0.15) is 24.5 Å². The fourth-order valence-electron chi connectivity index (χ4n) is 5.20. The monoisotopic (exact) mass is 541 g/mol. The molecule has 4 amide bonds. The topological polar surface area (TPSA) is 123 Å². The molecule has 0 aliphatic carbocycles. The molecule has 2 aliphatic heterocycles. The number of nitriles is 1. The Balaban J connectivity index is 1.64. The molecule has 12 heteroatoms. The summed E-state index contributed by atoms with van der Waals surface area (Å²) in [5.41, 5.74) is 0.767. The third-order valence-electron chi connectivity index (χ3n) is 7.26. The number of nitrogens with one attached hydrogen (secondary N) is 2. The highest BCUT2D eigenvalue weighted by Crippen LogP contribution is 2.46. The number of likely N-dealkylation sites (tertiary alicyclic amines) is 1. The van der Waals surface area contributed by atoms with Crippen molar-refractivity contribution in [2.24, 2.45) is 0 Å². The highest BCUT2D eigenvalue weighted by Gasteiger charge is 2.56. The first-order chi connectivity index (χ1) is 18.4. The molecule has 0 aromatic heterocycles. The van der Waals surface area contributed by atoms with Crippen LogP contribution in [0, 0.1) is 11.3 Å². The quantitative estimate of drug-likeness (QED) is 0.580. The molecular formula is C27H26F3N5O4. The minimum Gasteiger partial charge on any atom is -0.337 e. The molecule has 2 N–H and O–H groups in total. The van der Waals surface area contributed by atoms with Gasteiger partial charge in [0.25, 0.3) is 0 Å². The molecule has 2 aromatic rings. The van der Waals surface area contributed by atoms with E-state index in [-0.39, 0.29) is 25.3 Å². The van der Waals surface area contributed by atoms with Gasteiger partial charge in [0.2, 0.25) is 17.7 Å². The number of halogens is 3. The Hall–Kier alpha value is -4.40. The maximum Gasteiger partial charge on any atom is 0.471 e. The number of fused-ring (bicyclic) bond motifs is 2. The first kappa shape index (κ1) is 27.6. The van der Waals surface area contributed by atoms with Gasteiger partial charge in [0.15, 0.2) is 0 Å². The van der Waals surface area contributed by atoms with Crippen LogP contribution >= 0.6 is 0 Å². The lowest BCUT2D eigenvalue weighted by Crippen LogP contribution is -2.56. The van der Waals surface area contributed by atoms with Gasteiger partial charge in [0.1, 0.15) is 18.1 Å². The summed E-state index contributed by atoms with van der Waals surface area (Å²) >= 11 is 0. The van der Waals surface area contributed by atoms with E-state index in [1.807, 2.05) is 0 Å². The van der Waals surface area contributed by atoms with Crippen LogP contribution in [-0.4, -0.2) is 71.3 Å². The molecule has 39 heavy (non-hydrogen) atoms. The van der Waals surface area contributed by atoms with Gasteiger partial charge in [0.05, 0.1) is 11.5 Å². The van der Waals surface area contributed by atoms with Crippen LogP contribution in [-0.2, 0) is 31.0 Å². The number of hydrogen-bond acceptors (Lipinski definition) is 5. The molecule has 1 saturated heterocycles. The van der Waals surface area contributed by atoms with Crippen molar-refractivity contribution in [2.75, 3.05) is 18.9 Å². The fraction of sp³-hybridized carbons (Fsp3) is 0.370. The zero-order valence-electron chi connectivity index (χ0n) is 21.2. The van der Waals surface area contributed by atoms with E-state index in [1.165, 1.54) is 11.9 Å². The van der Waals surface area contributed by atoms with Gasteiger partial charge in [-0.3, -0.25) is 19.2 Å². The number of nitrogens with zero attached hydrogens (tertiary/aromatic N) is 3. The van der Waals surface area contributed by atoms with E-state index < -0.39 is 47.4 Å². The Labute approximate surface area is 222 Å². The molecule has 9 nitrogen and oxygen atoms in total. The van der Waals surface area contributed by atoms with Crippen LogP contribution in [0.15, 0.2) is 54.6 Å². The van der Waals surface area contributed by atoms with Crippen LogP contribution in [0.25, 0.3) is 0 Å². The molecule has 2 aromatic carbocycles. The number of carbonyl (C=O) groups excluding carboxylic acids is 4. The average Bonchev–Trinajstić information content (AvgIpc) is 3.44. The van der Waals surface area contributed by atoms with E-state index in [1.54, 1.807) is 59.9 Å². The summed E-state index contributed by atoms with van der Waals surface area (Å²) < 4.78 is 38.3. The highest BCUT2D eigenvalue weighted by molar-refractivity contribution is 6.07. The Morgan fingerprint density at radius 2 is 1.82 bits per heavy atom. The Bertz CT molecular complexity index is 1340. The molecule has 4 rings (SSSR count). The van der Waals surface area contributed by atoms with Crippen LogP contribution in [0.3, 0.4) is 0 Å². The second-order valence-corrected chi connectivity index (χ2v) is 9.74. The van der Waals surface area contributed by atoms with Gasteiger partial charge in [-0.2, -0.15) is 18.4 Å². The SMILES string of the molecule is C[C@H](NC(=O)C(F)(F)F)C(=O)N(C)[C@@H](Cc1ccccc1)C(=O)N1C[C@]2(C[C@H]1C#N)C(=O)Nc1ccccc12. The molecule has 1 fully saturated rings. The number of alkyl halides is 3. The lowest BCUT2D eigenvalue weighted by molar-refractivity contribution is -0.175. The average molecular weight is 542 g/mol. The van der Waals surface area contributed by atoms with E-state index in [0.717, 1.165) is 11.8 Å². The smallest absolute Gasteiger partial charge is 0.337 e. The Morgan fingerprint density at radius 3 is 2.46 bits per heavy atom. The number of rotatable bonds is 6. The van der Waals surface area contributed by atoms with E-state index in [9.17, 15) is 37.6 Å². The second kappa shape index (κ2) is 10.4. The van der Waals surface area contributed by atoms with Crippen molar-refractivity contribution >= 4 is 29.3 Å². The van der Waals surface area contributed by atoms with Crippen molar-refractivity contribution in [1.82, 2.24) is 15.1 Å². The highest BCUT2D eigenvalue weighted by atomic mass is 19.4. The molecule has 4 atom stereocenters. The van der Waals surface area contributed by atoms with Crippen LogP contribution < -0.4 is 10.6 Å². The van der Waals surface area contributed by atoms with Crippen molar-refractivity contribution < 1.29 is 32.3 Å². The minimum atomic E-state index is -5.19. The summed E-state index contributed by atoms with van der Waals surface area (Å²) in [6.07, 6.45) is -5.15. The van der Waals surface area contributed by atoms with Gasteiger partial charge < -0.3 is 20.4 Å². The first-order valence-electron chi connectivity index (χ1n) is 12.2. The standard InChI is InChI=1S/C27H26F3N5O4/c1-16(32-25(39)27(28,29)30)22(36)34(2)21(12-17-8-4-3-5-9-17)23(37)35-15-26(13-18(35)14-31)19-10-6-7-11-20(19)33-24(26)38/h3-11,16,18,21H,12-13,15H2,1-2H3,(H,32,39)(H,33,38)/t16-,18-,21-,26-/m0/s1. The van der Waals surface area contributed by atoms with Crippen molar-refractivity contribution in [3.63, 3.8) is 0 Å². The summed E-state index contributed by atoms with van der Waals surface area (Å²) in [4.78, 5) is 53.9. The van der Waals surface area contributed by atoms with Gasteiger partial charge in [0, 0.05) is 32.1 Å². The molecule has 0 radical (unpaired) electrons. The van der Waals surface area contributed by atoms with E-state index >= 15 is 0 Å². The predicted octanol–water partition coefficient (Wildman–Crippen LogP) is 2.14.